The second-order valence-electron chi connectivity index (χ2n) is 7.35. The van der Waals surface area contributed by atoms with Gasteiger partial charge in [-0.25, -0.2) is 0 Å². The molecule has 0 aromatic heterocycles. The number of hydrogen-bond donors (Lipinski definition) is 1. The third-order valence-electron chi connectivity index (χ3n) is 5.54. The van der Waals surface area contributed by atoms with E-state index in [0.29, 0.717) is 12.1 Å². The highest BCUT2D eigenvalue weighted by Gasteiger charge is 2.25. The molecule has 2 fully saturated rings. The Morgan fingerprint density at radius 1 is 1.05 bits per heavy atom. The van der Waals surface area contributed by atoms with Crippen molar-refractivity contribution in [3.8, 4) is 0 Å². The molecule has 0 aliphatic carbocycles. The van der Waals surface area contributed by atoms with Crippen LogP contribution in [0.15, 0.2) is 0 Å². The second-order valence-corrected chi connectivity index (χ2v) is 7.35. The summed E-state index contributed by atoms with van der Waals surface area (Å²) in [6.45, 7) is 14.8. The van der Waals surface area contributed by atoms with Crippen molar-refractivity contribution in [3.05, 3.63) is 0 Å². The highest BCUT2D eigenvalue weighted by atomic mass is 15.2. The van der Waals surface area contributed by atoms with E-state index < -0.39 is 0 Å². The van der Waals surface area contributed by atoms with Crippen molar-refractivity contribution in [3.63, 3.8) is 0 Å². The van der Waals surface area contributed by atoms with Crippen LogP contribution < -0.4 is 5.32 Å². The fraction of sp³-hybridized carbons (Fsp3) is 1.00. The number of piperidine rings is 2. The van der Waals surface area contributed by atoms with Gasteiger partial charge in [0.15, 0.2) is 0 Å². The summed E-state index contributed by atoms with van der Waals surface area (Å²) in [5, 5.41) is 3.84. The molecule has 1 N–H and O–H groups in total. The van der Waals surface area contributed by atoms with E-state index in [1.807, 2.05) is 0 Å². The van der Waals surface area contributed by atoms with E-state index in [9.17, 15) is 0 Å². The van der Waals surface area contributed by atoms with Gasteiger partial charge in [0.2, 0.25) is 0 Å². The molecule has 0 bridgehead atoms. The van der Waals surface area contributed by atoms with Crippen LogP contribution in [0.3, 0.4) is 0 Å². The molecule has 0 spiro atoms. The lowest BCUT2D eigenvalue weighted by molar-refractivity contribution is 0.137. The molecule has 3 heteroatoms. The summed E-state index contributed by atoms with van der Waals surface area (Å²) in [6.07, 6.45) is 8.32. The number of likely N-dealkylation sites (tertiary alicyclic amines) is 2. The summed E-state index contributed by atoms with van der Waals surface area (Å²) in [6, 6.07) is 1.36. The van der Waals surface area contributed by atoms with Gasteiger partial charge < -0.3 is 10.2 Å². The molecule has 3 atom stereocenters. The van der Waals surface area contributed by atoms with Crippen LogP contribution in [0.1, 0.15) is 59.3 Å². The van der Waals surface area contributed by atoms with E-state index in [-0.39, 0.29) is 0 Å². The Hall–Kier alpha value is -0.120. The topological polar surface area (TPSA) is 18.5 Å². The van der Waals surface area contributed by atoms with Crippen LogP contribution in [0.4, 0.5) is 0 Å². The Morgan fingerprint density at radius 2 is 1.81 bits per heavy atom. The van der Waals surface area contributed by atoms with Gasteiger partial charge in [0, 0.05) is 25.2 Å². The molecule has 2 aliphatic heterocycles. The lowest BCUT2D eigenvalue weighted by Gasteiger charge is -2.37. The minimum Gasteiger partial charge on any atom is -0.312 e. The minimum absolute atomic E-state index is 0.664. The molecule has 124 valence electrons. The fourth-order valence-electron chi connectivity index (χ4n) is 4.03. The van der Waals surface area contributed by atoms with Crippen LogP contribution in [0, 0.1) is 5.92 Å². The van der Waals surface area contributed by atoms with Crippen LogP contribution >= 0.6 is 0 Å². The molecule has 0 aromatic rings. The third-order valence-corrected chi connectivity index (χ3v) is 5.54. The molecule has 2 rings (SSSR count). The van der Waals surface area contributed by atoms with Crippen LogP contribution in [-0.2, 0) is 0 Å². The predicted octanol–water partition coefficient (Wildman–Crippen LogP) is 2.96. The van der Waals surface area contributed by atoms with Crippen molar-refractivity contribution in [1.29, 1.82) is 0 Å². The van der Waals surface area contributed by atoms with Gasteiger partial charge in [-0.1, -0.05) is 13.3 Å². The molecule has 0 amide bonds. The van der Waals surface area contributed by atoms with Gasteiger partial charge in [-0.15, -0.1) is 0 Å². The van der Waals surface area contributed by atoms with E-state index in [1.165, 1.54) is 71.2 Å². The Morgan fingerprint density at radius 3 is 2.52 bits per heavy atom. The molecule has 2 aliphatic rings. The minimum atomic E-state index is 0.664. The molecule has 21 heavy (non-hydrogen) atoms. The molecule has 3 unspecified atom stereocenters. The monoisotopic (exact) mass is 295 g/mol. The first-order chi connectivity index (χ1) is 10.2. The molecule has 0 radical (unpaired) electrons. The molecule has 0 aromatic carbocycles. The number of hydrogen-bond acceptors (Lipinski definition) is 3. The van der Waals surface area contributed by atoms with Crippen molar-refractivity contribution >= 4 is 0 Å². The van der Waals surface area contributed by atoms with Gasteiger partial charge in [-0.2, -0.15) is 0 Å². The van der Waals surface area contributed by atoms with Crippen molar-refractivity contribution in [1.82, 2.24) is 15.1 Å². The largest absolute Gasteiger partial charge is 0.312 e. The van der Waals surface area contributed by atoms with Crippen molar-refractivity contribution in [2.45, 2.75) is 71.4 Å². The van der Waals surface area contributed by atoms with Crippen molar-refractivity contribution in [2.24, 2.45) is 5.92 Å². The summed E-state index contributed by atoms with van der Waals surface area (Å²) in [7, 11) is 0. The van der Waals surface area contributed by atoms with Crippen LogP contribution in [0.25, 0.3) is 0 Å². The van der Waals surface area contributed by atoms with Crippen molar-refractivity contribution < 1.29 is 0 Å². The Kier molecular flexibility index (Phi) is 7.48. The molecule has 3 nitrogen and oxygen atoms in total. The summed E-state index contributed by atoms with van der Waals surface area (Å²) in [4.78, 5) is 5.34. The normalized spacial score (nSPS) is 28.4. The van der Waals surface area contributed by atoms with E-state index in [1.54, 1.807) is 0 Å². The third kappa shape index (κ3) is 5.54. The first kappa shape index (κ1) is 17.2. The Balaban J connectivity index is 1.69. The number of nitrogens with one attached hydrogen (secondary N) is 1. The highest BCUT2D eigenvalue weighted by molar-refractivity contribution is 4.82. The summed E-state index contributed by atoms with van der Waals surface area (Å²) >= 11 is 0. The van der Waals surface area contributed by atoms with Gasteiger partial charge in [-0.3, -0.25) is 4.90 Å². The maximum absolute atomic E-state index is 3.84. The average Bonchev–Trinajstić information content (AvgIpc) is 2.53. The highest BCUT2D eigenvalue weighted by Crippen LogP contribution is 2.20. The lowest BCUT2D eigenvalue weighted by Crippen LogP contribution is -2.49. The maximum atomic E-state index is 3.84. The quantitative estimate of drug-likeness (QED) is 0.779. The van der Waals surface area contributed by atoms with Gasteiger partial charge in [0.1, 0.15) is 0 Å². The Labute approximate surface area is 132 Å². The van der Waals surface area contributed by atoms with Gasteiger partial charge in [0.05, 0.1) is 0 Å². The first-order valence-corrected chi connectivity index (χ1v) is 9.40. The van der Waals surface area contributed by atoms with Gasteiger partial charge in [-0.05, 0) is 78.0 Å². The molecule has 0 saturated carbocycles. The van der Waals surface area contributed by atoms with E-state index >= 15 is 0 Å². The lowest BCUT2D eigenvalue weighted by atomic mass is 9.91. The second kappa shape index (κ2) is 9.12. The van der Waals surface area contributed by atoms with E-state index in [4.69, 9.17) is 0 Å². The van der Waals surface area contributed by atoms with Crippen molar-refractivity contribution in [2.75, 3.05) is 39.3 Å². The zero-order chi connectivity index (χ0) is 15.1. The molecule has 2 heterocycles. The van der Waals surface area contributed by atoms with Gasteiger partial charge in [0.25, 0.3) is 0 Å². The number of nitrogens with zero attached hydrogens (tertiary/aromatic N) is 2. The first-order valence-electron chi connectivity index (χ1n) is 9.40. The molecule has 2 saturated heterocycles. The molecular weight excluding hydrogens is 258 g/mol. The predicted molar refractivity (Wildman–Crippen MR) is 91.8 cm³/mol. The molecular formula is C18H37N3. The van der Waals surface area contributed by atoms with Crippen LogP contribution in [0.5, 0.6) is 0 Å². The summed E-state index contributed by atoms with van der Waals surface area (Å²) in [5.74, 6) is 0.846. The standard InChI is InChI=1S/C18H37N3/c1-4-10-20-11-8-9-18(15-20)17(3)19-14-16(2)21-12-6-5-7-13-21/h16-19H,4-15H2,1-3H3. The zero-order valence-corrected chi connectivity index (χ0v) is 14.6. The van der Waals surface area contributed by atoms with E-state index in [2.05, 4.69) is 35.9 Å². The maximum Gasteiger partial charge on any atom is 0.0192 e. The fourth-order valence-corrected chi connectivity index (χ4v) is 4.03. The SMILES string of the molecule is CCCN1CCCC(C(C)NCC(C)N2CCCCC2)C1. The Bertz CT molecular complexity index is 274. The number of rotatable bonds is 7. The van der Waals surface area contributed by atoms with E-state index in [0.717, 1.165) is 12.5 Å². The smallest absolute Gasteiger partial charge is 0.0192 e. The van der Waals surface area contributed by atoms with Crippen LogP contribution in [0.2, 0.25) is 0 Å². The zero-order valence-electron chi connectivity index (χ0n) is 14.6. The average molecular weight is 296 g/mol. The summed E-state index contributed by atoms with van der Waals surface area (Å²) < 4.78 is 0. The van der Waals surface area contributed by atoms with Crippen LogP contribution in [-0.4, -0.2) is 61.2 Å². The summed E-state index contributed by atoms with van der Waals surface area (Å²) in [5.41, 5.74) is 0. The van der Waals surface area contributed by atoms with Gasteiger partial charge >= 0.3 is 0 Å².